The maximum Gasteiger partial charge on any atom is 0.315 e. The molecule has 1 aromatic carbocycles. The van der Waals surface area contributed by atoms with E-state index in [-0.39, 0.29) is 23.4 Å². The zero-order chi connectivity index (χ0) is 20.1. The van der Waals surface area contributed by atoms with Gasteiger partial charge in [0.2, 0.25) is 11.6 Å². The molecule has 152 valence electrons. The van der Waals surface area contributed by atoms with Gasteiger partial charge in [0.05, 0.1) is 13.0 Å². The highest BCUT2D eigenvalue weighted by Crippen LogP contribution is 2.35. The van der Waals surface area contributed by atoms with Crippen LogP contribution < -0.4 is 15.5 Å². The van der Waals surface area contributed by atoms with E-state index in [1.807, 2.05) is 17.0 Å². The molecular formula is C21H23N3O5. The van der Waals surface area contributed by atoms with Gasteiger partial charge in [-0.15, -0.1) is 0 Å². The van der Waals surface area contributed by atoms with Gasteiger partial charge < -0.3 is 19.4 Å². The molecule has 3 aliphatic rings. The molecule has 1 amide bonds. The number of pyridine rings is 1. The molecule has 2 aromatic rings. The second-order valence-electron chi connectivity index (χ2n) is 8.21. The number of amides is 1. The van der Waals surface area contributed by atoms with Crippen LogP contribution in [0.25, 0.3) is 0 Å². The number of hydrogen-bond donors (Lipinski definition) is 2. The number of nitrogens with zero attached hydrogens (tertiary/aromatic N) is 2. The second kappa shape index (κ2) is 6.98. The van der Waals surface area contributed by atoms with Crippen LogP contribution in [0.2, 0.25) is 0 Å². The van der Waals surface area contributed by atoms with Gasteiger partial charge in [-0.2, -0.15) is 5.23 Å². The minimum atomic E-state index is -1.20. The number of piperidine rings is 1. The zero-order valence-electron chi connectivity index (χ0n) is 16.0. The molecule has 2 N–H and O–H groups in total. The number of rotatable bonds is 3. The van der Waals surface area contributed by atoms with Gasteiger partial charge in [0.25, 0.3) is 0 Å². The Morgan fingerprint density at radius 3 is 2.93 bits per heavy atom. The summed E-state index contributed by atoms with van der Waals surface area (Å²) in [5.74, 6) is 1.24. The average Bonchev–Trinajstić information content (AvgIpc) is 3.16. The molecule has 3 unspecified atom stereocenters. The molecule has 3 atom stereocenters. The molecule has 0 spiro atoms. The van der Waals surface area contributed by atoms with Gasteiger partial charge in [-0.1, -0.05) is 12.1 Å². The number of fused-ring (bicyclic) bond motifs is 5. The molecule has 4 heterocycles. The Morgan fingerprint density at radius 2 is 2.10 bits per heavy atom. The smallest absolute Gasteiger partial charge is 0.315 e. The lowest BCUT2D eigenvalue weighted by Crippen LogP contribution is -3.00. The summed E-state index contributed by atoms with van der Waals surface area (Å²) in [4.78, 5) is 27.4. The summed E-state index contributed by atoms with van der Waals surface area (Å²) in [6.45, 7) is 2.33. The molecule has 3 aliphatic heterocycles. The Kier molecular flexibility index (Phi) is 4.42. The fourth-order valence-corrected chi connectivity index (χ4v) is 4.95. The monoisotopic (exact) mass is 397 g/mol. The first-order chi connectivity index (χ1) is 14.0. The molecule has 8 heteroatoms. The van der Waals surface area contributed by atoms with Crippen LogP contribution in [0, 0.1) is 11.1 Å². The third-order valence-corrected chi connectivity index (χ3v) is 6.30. The van der Waals surface area contributed by atoms with Crippen molar-refractivity contribution in [3.8, 4) is 5.75 Å². The van der Waals surface area contributed by atoms with Crippen molar-refractivity contribution in [1.29, 1.82) is 0 Å². The molecule has 1 fully saturated rings. The normalized spacial score (nSPS) is 23.2. The van der Waals surface area contributed by atoms with Crippen molar-refractivity contribution < 1.29 is 20.0 Å². The van der Waals surface area contributed by atoms with E-state index in [1.54, 1.807) is 10.6 Å². The van der Waals surface area contributed by atoms with Crippen molar-refractivity contribution in [2.24, 2.45) is 5.92 Å². The van der Waals surface area contributed by atoms with E-state index in [9.17, 15) is 20.0 Å². The number of aromatic nitrogens is 1. The van der Waals surface area contributed by atoms with Crippen LogP contribution in [0.4, 0.5) is 5.69 Å². The Labute approximate surface area is 167 Å². The molecule has 1 aromatic heterocycles. The van der Waals surface area contributed by atoms with E-state index in [0.29, 0.717) is 32.7 Å². The quantitative estimate of drug-likeness (QED) is 0.730. The number of hydrogen-bond acceptors (Lipinski definition) is 5. The second-order valence-corrected chi connectivity index (χ2v) is 8.21. The Hall–Kier alpha value is -2.68. The average molecular weight is 397 g/mol. The molecule has 8 nitrogen and oxygen atoms in total. The number of benzene rings is 1. The van der Waals surface area contributed by atoms with Gasteiger partial charge in [-0.3, -0.25) is 9.59 Å². The summed E-state index contributed by atoms with van der Waals surface area (Å²) < 4.78 is 7.13. The minimum Gasteiger partial charge on any atom is -0.595 e. The van der Waals surface area contributed by atoms with Crippen molar-refractivity contribution in [2.75, 3.05) is 19.7 Å². The van der Waals surface area contributed by atoms with Gasteiger partial charge in [0.1, 0.15) is 5.75 Å². The molecular weight excluding hydrogens is 374 g/mol. The zero-order valence-corrected chi connectivity index (χ0v) is 16.0. The third kappa shape index (κ3) is 3.23. The molecule has 1 saturated heterocycles. The lowest BCUT2D eigenvalue weighted by Gasteiger charge is -2.43. The fraction of sp³-hybridized carbons (Fsp3) is 0.429. The van der Waals surface area contributed by atoms with Crippen LogP contribution in [0.15, 0.2) is 35.1 Å². The van der Waals surface area contributed by atoms with E-state index in [1.165, 1.54) is 6.07 Å². The summed E-state index contributed by atoms with van der Waals surface area (Å²) >= 11 is 0. The number of carbonyl (C=O) groups is 1. The Balaban J connectivity index is 1.35. The number of carbonyl (C=O) groups excluding carboxylic acids is 1. The maximum absolute atomic E-state index is 13.0. The fourth-order valence-electron chi connectivity index (χ4n) is 4.95. The van der Waals surface area contributed by atoms with Crippen LogP contribution in [-0.2, 0) is 24.2 Å². The predicted octanol–water partition coefficient (Wildman–Crippen LogP) is 0.375. The molecule has 2 bridgehead atoms. The number of nitrogens with one attached hydrogen (secondary N) is 1. The van der Waals surface area contributed by atoms with Crippen molar-refractivity contribution in [1.82, 2.24) is 9.47 Å². The van der Waals surface area contributed by atoms with Gasteiger partial charge in [-0.05, 0) is 35.6 Å². The molecule has 0 radical (unpaired) electrons. The van der Waals surface area contributed by atoms with Crippen LogP contribution in [-0.4, -0.2) is 40.3 Å². The maximum atomic E-state index is 13.0. The van der Waals surface area contributed by atoms with E-state index in [0.717, 1.165) is 35.4 Å². The van der Waals surface area contributed by atoms with Crippen LogP contribution in [0.1, 0.15) is 29.2 Å². The van der Waals surface area contributed by atoms with E-state index in [4.69, 9.17) is 4.74 Å². The third-order valence-electron chi connectivity index (χ3n) is 6.30. The molecule has 29 heavy (non-hydrogen) atoms. The van der Waals surface area contributed by atoms with Crippen LogP contribution in [0.3, 0.4) is 0 Å². The van der Waals surface area contributed by atoms with Gasteiger partial charge in [0.15, 0.2) is 0 Å². The number of ether oxygens (including phenoxy) is 1. The number of quaternary nitrogens is 1. The summed E-state index contributed by atoms with van der Waals surface area (Å²) in [7, 11) is 0. The van der Waals surface area contributed by atoms with Crippen molar-refractivity contribution in [2.45, 2.75) is 31.7 Å². The van der Waals surface area contributed by atoms with E-state index < -0.39 is 10.8 Å². The lowest BCUT2D eigenvalue weighted by molar-refractivity contribution is -0.992. The summed E-state index contributed by atoms with van der Waals surface area (Å²) in [5, 5.41) is 19.3. The standard InChI is InChI=1S/C21H23N3O5/c25-20(9-13-1-4-19-15(7-13)5-6-29-19)22-10-14-8-16(12-22)17-2-3-18(24(27)28)21(26)23(17)11-14/h1-4,7,14,16,24,27H,5-6,8-12H2. The molecule has 5 rings (SSSR count). The topological polar surface area (TPSA) is 99.3 Å². The Bertz CT molecular complexity index is 1030. The first-order valence-corrected chi connectivity index (χ1v) is 9.99. The first kappa shape index (κ1) is 18.4. The van der Waals surface area contributed by atoms with Crippen molar-refractivity contribution >= 4 is 11.6 Å². The van der Waals surface area contributed by atoms with Gasteiger partial charge >= 0.3 is 5.56 Å². The van der Waals surface area contributed by atoms with Gasteiger partial charge in [0, 0.05) is 43.7 Å². The predicted molar refractivity (Wildman–Crippen MR) is 103 cm³/mol. The first-order valence-electron chi connectivity index (χ1n) is 9.99. The van der Waals surface area contributed by atoms with Crippen molar-refractivity contribution in [3.63, 3.8) is 0 Å². The summed E-state index contributed by atoms with van der Waals surface area (Å²) in [6.07, 6.45) is 2.17. The summed E-state index contributed by atoms with van der Waals surface area (Å²) in [5.41, 5.74) is 2.36. The van der Waals surface area contributed by atoms with E-state index in [2.05, 4.69) is 6.07 Å². The largest absolute Gasteiger partial charge is 0.595 e. The SMILES string of the molecule is O=C(Cc1ccc2c(c1)CCO2)N1CC2CC(C1)c1ccc([NH+]([O-])O)c(=O)n1C2. The summed E-state index contributed by atoms with van der Waals surface area (Å²) in [6, 6.07) is 9.09. The lowest BCUT2D eigenvalue weighted by atomic mass is 9.83. The van der Waals surface area contributed by atoms with Crippen LogP contribution in [0.5, 0.6) is 5.75 Å². The van der Waals surface area contributed by atoms with Crippen LogP contribution >= 0.6 is 0 Å². The molecule has 0 saturated carbocycles. The van der Waals surface area contributed by atoms with Gasteiger partial charge in [-0.25, -0.2) is 5.21 Å². The van der Waals surface area contributed by atoms with Crippen molar-refractivity contribution in [3.05, 3.63) is 62.7 Å². The molecule has 0 aliphatic carbocycles. The minimum absolute atomic E-state index is 0.0652. The highest BCUT2D eigenvalue weighted by atomic mass is 16.8. The highest BCUT2D eigenvalue weighted by Gasteiger charge is 2.37. The Morgan fingerprint density at radius 1 is 1.24 bits per heavy atom. The van der Waals surface area contributed by atoms with E-state index >= 15 is 0 Å². The number of likely N-dealkylation sites (tertiary alicyclic amines) is 1. The highest BCUT2D eigenvalue weighted by molar-refractivity contribution is 5.79.